The molecule has 1 aromatic heterocycles. The van der Waals surface area contributed by atoms with Crippen molar-refractivity contribution >= 4 is 33.4 Å². The van der Waals surface area contributed by atoms with Crippen molar-refractivity contribution in [1.29, 1.82) is 0 Å². The van der Waals surface area contributed by atoms with Crippen LogP contribution in [0.1, 0.15) is 15.9 Å². The Bertz CT molecular complexity index is 604. The van der Waals surface area contributed by atoms with Crippen molar-refractivity contribution in [2.75, 3.05) is 13.6 Å². The number of aromatic nitrogens is 1. The second kappa shape index (κ2) is 6.86. The summed E-state index contributed by atoms with van der Waals surface area (Å²) >= 11 is 9.25. The Labute approximate surface area is 131 Å². The van der Waals surface area contributed by atoms with E-state index in [0.29, 0.717) is 21.6 Å². The smallest absolute Gasteiger partial charge is 0.254 e. The van der Waals surface area contributed by atoms with Crippen LogP contribution in [0.3, 0.4) is 0 Å². The fourth-order valence-corrected chi connectivity index (χ4v) is 2.67. The fourth-order valence-electron chi connectivity index (χ4n) is 1.82. The van der Waals surface area contributed by atoms with Crippen molar-refractivity contribution in [2.24, 2.45) is 0 Å². The lowest BCUT2D eigenvalue weighted by molar-refractivity contribution is 0.0796. The number of nitrogens with zero attached hydrogens (tertiary/aromatic N) is 2. The lowest BCUT2D eigenvalue weighted by Crippen LogP contribution is -2.29. The molecule has 1 heterocycles. The number of hydrogen-bond acceptors (Lipinski definition) is 2. The van der Waals surface area contributed by atoms with Gasteiger partial charge in [0.1, 0.15) is 0 Å². The number of halogens is 2. The summed E-state index contributed by atoms with van der Waals surface area (Å²) in [6, 6.07) is 9.09. The maximum absolute atomic E-state index is 12.3. The van der Waals surface area contributed by atoms with Crippen molar-refractivity contribution in [3.05, 3.63) is 63.3 Å². The molecule has 3 nitrogen and oxygen atoms in total. The number of carbonyl (C=O) groups is 1. The lowest BCUT2D eigenvalue weighted by atomic mass is 10.1. The zero-order valence-corrected chi connectivity index (χ0v) is 13.4. The van der Waals surface area contributed by atoms with Crippen LogP contribution in [0.15, 0.2) is 47.2 Å². The molecule has 2 aromatic rings. The Morgan fingerprint density at radius 3 is 2.65 bits per heavy atom. The molecule has 0 atom stereocenters. The number of hydrogen-bond donors (Lipinski definition) is 0. The summed E-state index contributed by atoms with van der Waals surface area (Å²) in [6.07, 6.45) is 4.32. The van der Waals surface area contributed by atoms with Crippen molar-refractivity contribution in [1.82, 2.24) is 9.88 Å². The molecule has 5 heteroatoms. The minimum Gasteiger partial charge on any atom is -0.341 e. The van der Waals surface area contributed by atoms with Gasteiger partial charge in [0.15, 0.2) is 0 Å². The van der Waals surface area contributed by atoms with Gasteiger partial charge in [0.2, 0.25) is 0 Å². The molecule has 0 N–H and O–H groups in total. The van der Waals surface area contributed by atoms with Crippen LogP contribution in [0.2, 0.25) is 5.02 Å². The van der Waals surface area contributed by atoms with Gasteiger partial charge in [-0.1, -0.05) is 11.6 Å². The molecule has 2 rings (SSSR count). The van der Waals surface area contributed by atoms with Crippen LogP contribution >= 0.6 is 27.5 Å². The monoisotopic (exact) mass is 352 g/mol. The summed E-state index contributed by atoms with van der Waals surface area (Å²) in [6.45, 7) is 0.651. The summed E-state index contributed by atoms with van der Waals surface area (Å²) in [5, 5.41) is 0.605. The van der Waals surface area contributed by atoms with Gasteiger partial charge >= 0.3 is 0 Å². The second-order valence-electron chi connectivity index (χ2n) is 4.46. The van der Waals surface area contributed by atoms with E-state index in [9.17, 15) is 4.79 Å². The average Bonchev–Trinajstić information content (AvgIpc) is 2.45. The lowest BCUT2D eigenvalue weighted by Gasteiger charge is -2.18. The topological polar surface area (TPSA) is 33.2 Å². The predicted molar refractivity (Wildman–Crippen MR) is 84.1 cm³/mol. The summed E-state index contributed by atoms with van der Waals surface area (Å²) in [5.41, 5.74) is 1.78. The van der Waals surface area contributed by atoms with Crippen molar-refractivity contribution in [2.45, 2.75) is 6.42 Å². The van der Waals surface area contributed by atoms with E-state index in [-0.39, 0.29) is 5.91 Å². The molecule has 0 saturated heterocycles. The van der Waals surface area contributed by atoms with Gasteiger partial charge in [0, 0.05) is 35.5 Å². The van der Waals surface area contributed by atoms with Crippen LogP contribution in [-0.4, -0.2) is 29.4 Å². The molecule has 0 aliphatic heterocycles. The van der Waals surface area contributed by atoms with E-state index in [1.54, 1.807) is 42.5 Å². The maximum Gasteiger partial charge on any atom is 0.254 e. The van der Waals surface area contributed by atoms with Gasteiger partial charge in [-0.2, -0.15) is 0 Å². The first-order valence-corrected chi connectivity index (χ1v) is 7.34. The minimum absolute atomic E-state index is 0.0254. The van der Waals surface area contributed by atoms with Crippen LogP contribution in [-0.2, 0) is 6.42 Å². The van der Waals surface area contributed by atoms with Crippen LogP contribution in [0.4, 0.5) is 0 Å². The molecule has 0 saturated carbocycles. The third-order valence-electron chi connectivity index (χ3n) is 2.99. The Morgan fingerprint density at radius 1 is 1.30 bits per heavy atom. The molecule has 104 valence electrons. The van der Waals surface area contributed by atoms with E-state index in [1.807, 2.05) is 12.1 Å². The van der Waals surface area contributed by atoms with E-state index >= 15 is 0 Å². The molecule has 0 spiro atoms. The summed E-state index contributed by atoms with van der Waals surface area (Å²) < 4.78 is 0.714. The molecule has 0 aliphatic rings. The van der Waals surface area contributed by atoms with Crippen LogP contribution in [0.25, 0.3) is 0 Å². The van der Waals surface area contributed by atoms with Crippen molar-refractivity contribution in [3.8, 4) is 0 Å². The largest absolute Gasteiger partial charge is 0.341 e. The first-order valence-electron chi connectivity index (χ1n) is 6.17. The van der Waals surface area contributed by atoms with Crippen molar-refractivity contribution < 1.29 is 4.79 Å². The maximum atomic E-state index is 12.3. The molecule has 1 aromatic carbocycles. The molecule has 1 amide bonds. The number of carbonyl (C=O) groups excluding carboxylic acids is 1. The quantitative estimate of drug-likeness (QED) is 0.837. The predicted octanol–water partition coefficient (Wildman–Crippen LogP) is 3.81. The van der Waals surface area contributed by atoms with E-state index in [4.69, 9.17) is 11.6 Å². The van der Waals surface area contributed by atoms with Gasteiger partial charge in [-0.25, -0.2) is 0 Å². The van der Waals surface area contributed by atoms with Gasteiger partial charge in [-0.05, 0) is 58.2 Å². The summed E-state index contributed by atoms with van der Waals surface area (Å²) in [5.74, 6) is -0.0254. The Balaban J connectivity index is 2.01. The number of pyridine rings is 1. The molecule has 0 aliphatic carbocycles. The number of benzene rings is 1. The highest BCUT2D eigenvalue weighted by molar-refractivity contribution is 9.10. The highest BCUT2D eigenvalue weighted by Crippen LogP contribution is 2.22. The zero-order valence-electron chi connectivity index (χ0n) is 11.0. The molecule has 0 fully saturated rings. The second-order valence-corrected chi connectivity index (χ2v) is 5.75. The molecule has 0 bridgehead atoms. The molecular formula is C15H14BrClN2O. The third kappa shape index (κ3) is 3.81. The Morgan fingerprint density at radius 2 is 2.00 bits per heavy atom. The highest BCUT2D eigenvalue weighted by atomic mass is 79.9. The van der Waals surface area contributed by atoms with Crippen LogP contribution in [0, 0.1) is 0 Å². The van der Waals surface area contributed by atoms with E-state index in [0.717, 1.165) is 12.0 Å². The van der Waals surface area contributed by atoms with Gasteiger partial charge in [-0.3, -0.25) is 9.78 Å². The fraction of sp³-hybridized carbons (Fsp3) is 0.200. The van der Waals surface area contributed by atoms with Gasteiger partial charge in [0.05, 0.1) is 5.56 Å². The molecule has 0 unspecified atom stereocenters. The van der Waals surface area contributed by atoms with Gasteiger partial charge in [-0.15, -0.1) is 0 Å². The first-order chi connectivity index (χ1) is 9.58. The molecule has 0 radical (unpaired) electrons. The Hall–Kier alpha value is -1.39. The SMILES string of the molecule is CN(CCc1ccncc1)C(=O)c1ccc(Cl)cc1Br. The normalized spacial score (nSPS) is 10.3. The minimum atomic E-state index is -0.0254. The highest BCUT2D eigenvalue weighted by Gasteiger charge is 2.14. The molecule has 20 heavy (non-hydrogen) atoms. The van der Waals surface area contributed by atoms with E-state index in [1.165, 1.54) is 0 Å². The first kappa shape index (κ1) is 15.0. The number of amides is 1. The number of rotatable bonds is 4. The van der Waals surface area contributed by atoms with Gasteiger partial charge < -0.3 is 4.90 Å². The zero-order chi connectivity index (χ0) is 14.5. The summed E-state index contributed by atoms with van der Waals surface area (Å²) in [4.78, 5) is 18.0. The Kier molecular flexibility index (Phi) is 5.15. The third-order valence-corrected chi connectivity index (χ3v) is 3.88. The molecular weight excluding hydrogens is 340 g/mol. The number of likely N-dealkylation sites (N-methyl/N-ethyl adjacent to an activating group) is 1. The van der Waals surface area contributed by atoms with Gasteiger partial charge in [0.25, 0.3) is 5.91 Å². The van der Waals surface area contributed by atoms with E-state index < -0.39 is 0 Å². The van der Waals surface area contributed by atoms with Crippen LogP contribution < -0.4 is 0 Å². The summed E-state index contributed by atoms with van der Waals surface area (Å²) in [7, 11) is 1.80. The van der Waals surface area contributed by atoms with E-state index in [2.05, 4.69) is 20.9 Å². The van der Waals surface area contributed by atoms with Crippen molar-refractivity contribution in [3.63, 3.8) is 0 Å². The van der Waals surface area contributed by atoms with Crippen LogP contribution in [0.5, 0.6) is 0 Å². The standard InChI is InChI=1S/C15H14BrClN2O/c1-19(9-6-11-4-7-18-8-5-11)15(20)13-3-2-12(17)10-14(13)16/h2-5,7-8,10H,6,9H2,1H3. The average molecular weight is 354 g/mol.